The SMILES string of the molecule is CC(C)(Nc1ncc(Cl)cc1N)C(N)=O. The van der Waals surface area contributed by atoms with Crippen molar-refractivity contribution in [3.8, 4) is 0 Å². The summed E-state index contributed by atoms with van der Waals surface area (Å²) in [5.41, 5.74) is 10.3. The molecule has 0 saturated carbocycles. The third-order valence-electron chi connectivity index (χ3n) is 1.93. The first-order valence-electron chi connectivity index (χ1n) is 4.32. The first-order chi connectivity index (χ1) is 6.83. The molecule has 1 rings (SSSR count). The quantitative estimate of drug-likeness (QED) is 0.719. The molecule has 5 N–H and O–H groups in total. The van der Waals surface area contributed by atoms with Gasteiger partial charge in [-0.05, 0) is 19.9 Å². The summed E-state index contributed by atoms with van der Waals surface area (Å²) in [6.45, 7) is 3.29. The molecule has 6 heteroatoms. The molecule has 1 aromatic rings. The summed E-state index contributed by atoms with van der Waals surface area (Å²) in [5, 5.41) is 3.28. The minimum atomic E-state index is -0.908. The van der Waals surface area contributed by atoms with Crippen molar-refractivity contribution in [1.82, 2.24) is 4.98 Å². The van der Waals surface area contributed by atoms with Crippen LogP contribution in [0.25, 0.3) is 0 Å². The summed E-state index contributed by atoms with van der Waals surface area (Å²) >= 11 is 5.69. The number of carbonyl (C=O) groups excluding carboxylic acids is 1. The second-order valence-corrected chi connectivity index (χ2v) is 4.14. The van der Waals surface area contributed by atoms with Gasteiger partial charge < -0.3 is 16.8 Å². The van der Waals surface area contributed by atoms with Crippen LogP contribution >= 0.6 is 11.6 Å². The third-order valence-corrected chi connectivity index (χ3v) is 2.14. The van der Waals surface area contributed by atoms with Crippen molar-refractivity contribution in [3.63, 3.8) is 0 Å². The van der Waals surface area contributed by atoms with Crippen LogP contribution in [0.4, 0.5) is 11.5 Å². The second kappa shape index (κ2) is 3.94. The summed E-state index contributed by atoms with van der Waals surface area (Å²) in [5.74, 6) is -0.0955. The molecule has 0 unspecified atom stereocenters. The fraction of sp³-hybridized carbons (Fsp3) is 0.333. The van der Waals surface area contributed by atoms with Crippen molar-refractivity contribution in [1.29, 1.82) is 0 Å². The van der Waals surface area contributed by atoms with Gasteiger partial charge in [0.05, 0.1) is 10.7 Å². The monoisotopic (exact) mass is 228 g/mol. The lowest BCUT2D eigenvalue weighted by Crippen LogP contribution is -2.45. The molecule has 0 fully saturated rings. The number of halogens is 1. The van der Waals surface area contributed by atoms with E-state index < -0.39 is 11.4 Å². The molecular weight excluding hydrogens is 216 g/mol. The van der Waals surface area contributed by atoms with Crippen molar-refractivity contribution in [2.45, 2.75) is 19.4 Å². The van der Waals surface area contributed by atoms with Crippen LogP contribution in [0.2, 0.25) is 5.02 Å². The van der Waals surface area contributed by atoms with Crippen molar-refractivity contribution >= 4 is 29.0 Å². The van der Waals surface area contributed by atoms with E-state index in [0.717, 1.165) is 0 Å². The number of amides is 1. The molecule has 1 amide bonds. The van der Waals surface area contributed by atoms with Gasteiger partial charge in [0, 0.05) is 6.20 Å². The number of carbonyl (C=O) groups is 1. The van der Waals surface area contributed by atoms with Crippen LogP contribution in [0.3, 0.4) is 0 Å². The summed E-state index contributed by atoms with van der Waals surface area (Å²) < 4.78 is 0. The van der Waals surface area contributed by atoms with Crippen molar-refractivity contribution in [2.24, 2.45) is 5.73 Å². The van der Waals surface area contributed by atoms with E-state index in [-0.39, 0.29) is 0 Å². The van der Waals surface area contributed by atoms with E-state index in [1.165, 1.54) is 6.20 Å². The Hall–Kier alpha value is -1.49. The van der Waals surface area contributed by atoms with Gasteiger partial charge in [-0.25, -0.2) is 4.98 Å². The van der Waals surface area contributed by atoms with E-state index in [1.54, 1.807) is 19.9 Å². The molecule has 15 heavy (non-hydrogen) atoms. The number of nitrogens with one attached hydrogen (secondary N) is 1. The Kier molecular flexibility index (Phi) is 3.04. The van der Waals surface area contributed by atoms with Crippen LogP contribution < -0.4 is 16.8 Å². The maximum absolute atomic E-state index is 11.1. The average Bonchev–Trinajstić information content (AvgIpc) is 2.09. The Balaban J connectivity index is 2.95. The lowest BCUT2D eigenvalue weighted by atomic mass is 10.1. The highest BCUT2D eigenvalue weighted by atomic mass is 35.5. The fourth-order valence-electron chi connectivity index (χ4n) is 0.917. The van der Waals surface area contributed by atoms with Crippen molar-refractivity contribution in [3.05, 3.63) is 17.3 Å². The van der Waals surface area contributed by atoms with Gasteiger partial charge in [0.1, 0.15) is 11.4 Å². The highest BCUT2D eigenvalue weighted by molar-refractivity contribution is 6.30. The number of aromatic nitrogens is 1. The maximum atomic E-state index is 11.1. The first kappa shape index (κ1) is 11.6. The van der Waals surface area contributed by atoms with Gasteiger partial charge in [-0.3, -0.25) is 4.79 Å². The number of nitrogens with zero attached hydrogens (tertiary/aromatic N) is 1. The standard InChI is InChI=1S/C9H13ClN4O/c1-9(2,8(12)15)14-7-6(11)3-5(10)4-13-7/h3-4H,11H2,1-2H3,(H2,12,15)(H,13,14). The Morgan fingerprint density at radius 1 is 1.60 bits per heavy atom. The number of pyridine rings is 1. The predicted octanol–water partition coefficient (Wildman–Crippen LogP) is 0.993. The molecule has 0 aliphatic heterocycles. The van der Waals surface area contributed by atoms with Gasteiger partial charge >= 0.3 is 0 Å². The highest BCUT2D eigenvalue weighted by Crippen LogP contribution is 2.22. The van der Waals surface area contributed by atoms with Crippen LogP contribution in [-0.4, -0.2) is 16.4 Å². The fourth-order valence-corrected chi connectivity index (χ4v) is 1.08. The zero-order valence-corrected chi connectivity index (χ0v) is 9.30. The zero-order valence-electron chi connectivity index (χ0n) is 8.54. The molecule has 0 aliphatic carbocycles. The lowest BCUT2D eigenvalue weighted by molar-refractivity contribution is -0.121. The van der Waals surface area contributed by atoms with E-state index in [1.807, 2.05) is 0 Å². The van der Waals surface area contributed by atoms with Gasteiger partial charge in [0.2, 0.25) is 5.91 Å². The lowest BCUT2D eigenvalue weighted by Gasteiger charge is -2.23. The van der Waals surface area contributed by atoms with Crippen molar-refractivity contribution in [2.75, 3.05) is 11.1 Å². The van der Waals surface area contributed by atoms with Crippen LogP contribution in [0.5, 0.6) is 0 Å². The molecule has 0 atom stereocenters. The molecule has 82 valence electrons. The summed E-state index contributed by atoms with van der Waals surface area (Å²) in [6.07, 6.45) is 1.44. The smallest absolute Gasteiger partial charge is 0.242 e. The summed E-state index contributed by atoms with van der Waals surface area (Å²) in [6, 6.07) is 1.55. The molecule has 0 bridgehead atoms. The van der Waals surface area contributed by atoms with E-state index in [2.05, 4.69) is 10.3 Å². The molecular formula is C9H13ClN4O. The van der Waals surface area contributed by atoms with E-state index in [9.17, 15) is 4.79 Å². The molecule has 0 aliphatic rings. The zero-order chi connectivity index (χ0) is 11.6. The minimum Gasteiger partial charge on any atom is -0.396 e. The van der Waals surface area contributed by atoms with Crippen LogP contribution in [0.1, 0.15) is 13.8 Å². The molecule has 0 aromatic carbocycles. The Labute approximate surface area is 92.8 Å². The normalized spacial score (nSPS) is 11.1. The molecule has 0 saturated heterocycles. The average molecular weight is 229 g/mol. The predicted molar refractivity (Wildman–Crippen MR) is 60.6 cm³/mol. The number of anilines is 2. The van der Waals surface area contributed by atoms with E-state index >= 15 is 0 Å². The molecule has 1 aromatic heterocycles. The van der Waals surface area contributed by atoms with Gasteiger partial charge in [-0.2, -0.15) is 0 Å². The first-order valence-corrected chi connectivity index (χ1v) is 4.70. The third kappa shape index (κ3) is 2.73. The highest BCUT2D eigenvalue weighted by Gasteiger charge is 2.25. The topological polar surface area (TPSA) is 94.0 Å². The molecule has 0 spiro atoms. The van der Waals surface area contributed by atoms with E-state index in [4.69, 9.17) is 23.1 Å². The van der Waals surface area contributed by atoms with Crippen LogP contribution in [0.15, 0.2) is 12.3 Å². The van der Waals surface area contributed by atoms with Gasteiger partial charge in [-0.15, -0.1) is 0 Å². The van der Waals surface area contributed by atoms with Gasteiger partial charge in [0.15, 0.2) is 0 Å². The summed E-state index contributed by atoms with van der Waals surface area (Å²) in [7, 11) is 0. The maximum Gasteiger partial charge on any atom is 0.242 e. The molecule has 0 radical (unpaired) electrons. The number of primary amides is 1. The second-order valence-electron chi connectivity index (χ2n) is 3.71. The Morgan fingerprint density at radius 3 is 2.67 bits per heavy atom. The number of hydrogen-bond acceptors (Lipinski definition) is 4. The van der Waals surface area contributed by atoms with Crippen LogP contribution in [-0.2, 0) is 4.79 Å². The molecule has 5 nitrogen and oxygen atoms in total. The number of nitrogens with two attached hydrogens (primary N) is 2. The van der Waals surface area contributed by atoms with Crippen LogP contribution in [0, 0.1) is 0 Å². The summed E-state index contributed by atoms with van der Waals surface area (Å²) in [4.78, 5) is 15.0. The van der Waals surface area contributed by atoms with Gasteiger partial charge in [-0.1, -0.05) is 11.6 Å². The molecule has 1 heterocycles. The van der Waals surface area contributed by atoms with Gasteiger partial charge in [0.25, 0.3) is 0 Å². The minimum absolute atomic E-state index is 0.372. The Morgan fingerprint density at radius 2 is 2.20 bits per heavy atom. The largest absolute Gasteiger partial charge is 0.396 e. The number of hydrogen-bond donors (Lipinski definition) is 3. The number of nitrogen functional groups attached to an aromatic ring is 1. The van der Waals surface area contributed by atoms with E-state index in [0.29, 0.717) is 16.5 Å². The van der Waals surface area contributed by atoms with Crippen molar-refractivity contribution < 1.29 is 4.79 Å². The Bertz CT molecular complexity index is 392. The number of rotatable bonds is 3.